The molecule has 1 aliphatic rings. The Morgan fingerprint density at radius 1 is 1.24 bits per heavy atom. The van der Waals surface area contributed by atoms with Crippen LogP contribution in [-0.4, -0.2) is 33.9 Å². The van der Waals surface area contributed by atoms with Crippen molar-refractivity contribution in [3.05, 3.63) is 59.7 Å². The van der Waals surface area contributed by atoms with Gasteiger partial charge in [-0.3, -0.25) is 4.79 Å². The highest BCUT2D eigenvalue weighted by atomic mass is 16.3. The molecular weight excluding hydrogens is 428 g/mol. The number of rotatable bonds is 3. The second-order valence-corrected chi connectivity index (χ2v) is 9.41. The lowest BCUT2D eigenvalue weighted by Crippen LogP contribution is -2.18. The normalized spacial score (nSPS) is 27.0. The first-order valence-electron chi connectivity index (χ1n) is 12.1. The molecule has 0 aliphatic carbocycles. The Hall–Kier alpha value is -2.99. The standard InChI is InChI=1S/C28H40N2O4/c1-6-14-29-26-22-16-19(3)12-13-24(31)21(5)15-18(2)10-8-7-9-11-20(4)28(34)30-23(27(22)33)17-25(26)32/h6-7,9,11,15,17,19,21,24,29,31-33H,1,8,10,12-14,16H2,2-5H3,(H,30,34)/b9-7-,18-15+,20-11+. The van der Waals surface area contributed by atoms with Crippen LogP contribution in [0, 0.1) is 11.8 Å². The third-order valence-electron chi connectivity index (χ3n) is 6.26. The summed E-state index contributed by atoms with van der Waals surface area (Å²) in [7, 11) is 0. The van der Waals surface area contributed by atoms with Gasteiger partial charge in [-0.15, -0.1) is 6.58 Å². The lowest BCUT2D eigenvalue weighted by molar-refractivity contribution is -0.112. The van der Waals surface area contributed by atoms with Crippen LogP contribution >= 0.6 is 0 Å². The van der Waals surface area contributed by atoms with Crippen molar-refractivity contribution in [1.29, 1.82) is 0 Å². The molecule has 1 heterocycles. The van der Waals surface area contributed by atoms with Gasteiger partial charge in [-0.05, 0) is 51.9 Å². The summed E-state index contributed by atoms with van der Waals surface area (Å²) in [4.78, 5) is 12.7. The first-order valence-corrected chi connectivity index (χ1v) is 12.1. The number of carbonyl (C=O) groups is 1. The predicted octanol–water partition coefficient (Wildman–Crippen LogP) is 5.83. The van der Waals surface area contributed by atoms with Crippen molar-refractivity contribution in [2.45, 2.75) is 65.9 Å². The van der Waals surface area contributed by atoms with Crippen LogP contribution in [0.4, 0.5) is 11.4 Å². The van der Waals surface area contributed by atoms with E-state index < -0.39 is 6.10 Å². The molecule has 186 valence electrons. The van der Waals surface area contributed by atoms with Gasteiger partial charge in [-0.25, -0.2) is 0 Å². The Balaban J connectivity index is 2.45. The first-order chi connectivity index (χ1) is 16.1. The first kappa shape index (κ1) is 27.3. The molecule has 2 rings (SSSR count). The highest BCUT2D eigenvalue weighted by Crippen LogP contribution is 2.42. The summed E-state index contributed by atoms with van der Waals surface area (Å²) >= 11 is 0. The summed E-state index contributed by atoms with van der Waals surface area (Å²) in [5.74, 6) is -0.304. The van der Waals surface area contributed by atoms with Gasteiger partial charge in [0.25, 0.3) is 5.91 Å². The molecule has 0 spiro atoms. The minimum atomic E-state index is -0.452. The van der Waals surface area contributed by atoms with Crippen LogP contribution in [0.25, 0.3) is 0 Å². The molecule has 6 heteroatoms. The number of phenolic OH excluding ortho intramolecular Hbond substituents is 2. The summed E-state index contributed by atoms with van der Waals surface area (Å²) in [5, 5.41) is 38.2. The van der Waals surface area contributed by atoms with Crippen molar-refractivity contribution in [3.63, 3.8) is 0 Å². The van der Waals surface area contributed by atoms with E-state index in [1.165, 1.54) is 11.6 Å². The van der Waals surface area contributed by atoms with Gasteiger partial charge in [0.2, 0.25) is 0 Å². The highest BCUT2D eigenvalue weighted by Gasteiger charge is 2.22. The SMILES string of the molecule is C=CCNc1c(O)cc2c(O)c1CC(C)CCC(O)C(C)/C=C(\C)CC/C=C\C=C(/C)C(=O)N2. The van der Waals surface area contributed by atoms with Crippen molar-refractivity contribution >= 4 is 17.3 Å². The van der Waals surface area contributed by atoms with Gasteiger partial charge in [0, 0.05) is 29.7 Å². The fourth-order valence-corrected chi connectivity index (χ4v) is 4.11. The minimum Gasteiger partial charge on any atom is -0.506 e. The highest BCUT2D eigenvalue weighted by molar-refractivity contribution is 6.04. The molecule has 3 atom stereocenters. The number of aromatic hydroxyl groups is 2. The number of allylic oxidation sites excluding steroid dienone is 4. The Morgan fingerprint density at radius 3 is 2.68 bits per heavy atom. The molecule has 1 amide bonds. The van der Waals surface area contributed by atoms with Gasteiger partial charge in [-0.2, -0.15) is 0 Å². The summed E-state index contributed by atoms with van der Waals surface area (Å²) in [5.41, 5.74) is 2.84. The number of hydrogen-bond donors (Lipinski definition) is 5. The molecular formula is C28H40N2O4. The number of hydrogen-bond acceptors (Lipinski definition) is 5. The molecule has 1 aromatic carbocycles. The molecule has 0 fully saturated rings. The minimum absolute atomic E-state index is 0.0489. The van der Waals surface area contributed by atoms with Gasteiger partial charge in [-0.1, -0.05) is 49.8 Å². The average Bonchev–Trinajstić information content (AvgIpc) is 2.79. The Bertz CT molecular complexity index is 962. The molecule has 34 heavy (non-hydrogen) atoms. The number of aliphatic hydroxyl groups excluding tert-OH is 1. The van der Waals surface area contributed by atoms with E-state index in [-0.39, 0.29) is 34.9 Å². The lowest BCUT2D eigenvalue weighted by atomic mass is 9.90. The maximum Gasteiger partial charge on any atom is 0.251 e. The van der Waals surface area contributed by atoms with Gasteiger partial charge >= 0.3 is 0 Å². The van der Waals surface area contributed by atoms with E-state index in [1.54, 1.807) is 19.1 Å². The van der Waals surface area contributed by atoms with Crippen LogP contribution in [0.15, 0.2) is 54.2 Å². The van der Waals surface area contributed by atoms with Crippen LogP contribution in [0.1, 0.15) is 58.9 Å². The van der Waals surface area contributed by atoms with Crippen molar-refractivity contribution in [2.24, 2.45) is 11.8 Å². The van der Waals surface area contributed by atoms with E-state index >= 15 is 0 Å². The zero-order valence-corrected chi connectivity index (χ0v) is 20.9. The van der Waals surface area contributed by atoms with Gasteiger partial charge in [0.1, 0.15) is 11.5 Å². The summed E-state index contributed by atoms with van der Waals surface area (Å²) in [6.07, 6.45) is 12.5. The van der Waals surface area contributed by atoms with E-state index in [4.69, 9.17) is 0 Å². The smallest absolute Gasteiger partial charge is 0.251 e. The number of benzene rings is 1. The van der Waals surface area contributed by atoms with Crippen molar-refractivity contribution < 1.29 is 20.1 Å². The summed E-state index contributed by atoms with van der Waals surface area (Å²) in [6, 6.07) is 1.36. The largest absolute Gasteiger partial charge is 0.506 e. The number of nitrogens with one attached hydrogen (secondary N) is 2. The van der Waals surface area contributed by atoms with Crippen molar-refractivity contribution in [3.8, 4) is 11.5 Å². The number of anilines is 2. The van der Waals surface area contributed by atoms with Crippen LogP contribution in [0.3, 0.4) is 0 Å². The van der Waals surface area contributed by atoms with Gasteiger partial charge < -0.3 is 26.0 Å². The maximum atomic E-state index is 12.7. The fourth-order valence-electron chi connectivity index (χ4n) is 4.11. The van der Waals surface area contributed by atoms with Crippen LogP contribution in [0.2, 0.25) is 0 Å². The van der Waals surface area contributed by atoms with Crippen LogP contribution < -0.4 is 10.6 Å². The third kappa shape index (κ3) is 7.80. The predicted molar refractivity (Wildman–Crippen MR) is 140 cm³/mol. The zero-order chi connectivity index (χ0) is 25.3. The lowest BCUT2D eigenvalue weighted by Gasteiger charge is -2.22. The number of fused-ring (bicyclic) bond motifs is 2. The molecule has 0 saturated heterocycles. The topological polar surface area (TPSA) is 102 Å². The van der Waals surface area contributed by atoms with E-state index in [1.807, 2.05) is 19.1 Å². The van der Waals surface area contributed by atoms with E-state index in [2.05, 4.69) is 37.1 Å². The number of phenols is 2. The zero-order valence-electron chi connectivity index (χ0n) is 20.9. The molecule has 5 N–H and O–H groups in total. The monoisotopic (exact) mass is 468 g/mol. The van der Waals surface area contributed by atoms with Crippen molar-refractivity contribution in [1.82, 2.24) is 0 Å². The molecule has 1 aliphatic heterocycles. The van der Waals surface area contributed by atoms with Gasteiger partial charge in [0.05, 0.1) is 17.5 Å². The molecule has 3 unspecified atom stereocenters. The molecule has 2 bridgehead atoms. The maximum absolute atomic E-state index is 12.7. The van der Waals surface area contributed by atoms with Crippen LogP contribution in [0.5, 0.6) is 11.5 Å². The summed E-state index contributed by atoms with van der Waals surface area (Å²) < 4.78 is 0. The Kier molecular flexibility index (Phi) is 10.5. The molecule has 6 nitrogen and oxygen atoms in total. The second-order valence-electron chi connectivity index (χ2n) is 9.41. The quantitative estimate of drug-likeness (QED) is 0.218. The Morgan fingerprint density at radius 2 is 1.97 bits per heavy atom. The number of aliphatic hydroxyl groups is 1. The molecule has 0 aromatic heterocycles. The third-order valence-corrected chi connectivity index (χ3v) is 6.26. The summed E-state index contributed by atoms with van der Waals surface area (Å²) in [6.45, 7) is 12.0. The van der Waals surface area contributed by atoms with Gasteiger partial charge in [0.15, 0.2) is 0 Å². The average molecular weight is 469 g/mol. The second kappa shape index (κ2) is 13.0. The number of carbonyl (C=O) groups excluding carboxylic acids is 1. The molecule has 1 aromatic rings. The van der Waals surface area contributed by atoms with E-state index in [0.717, 1.165) is 19.3 Å². The molecule has 0 saturated carbocycles. The van der Waals surface area contributed by atoms with Crippen molar-refractivity contribution in [2.75, 3.05) is 17.2 Å². The Labute approximate surface area is 203 Å². The van der Waals surface area contributed by atoms with E-state index in [9.17, 15) is 20.1 Å². The number of amides is 1. The molecule has 0 radical (unpaired) electrons. The fraction of sp³-hybridized carbons (Fsp3) is 0.464. The van der Waals surface area contributed by atoms with E-state index in [0.29, 0.717) is 36.2 Å². The van der Waals surface area contributed by atoms with Crippen LogP contribution in [-0.2, 0) is 11.2 Å².